The molecule has 1 aliphatic carbocycles. The minimum Gasteiger partial charge on any atom is -0.332 e. The molecule has 4 rings (SSSR count). The number of nitrogens with one attached hydrogen (secondary N) is 3. The summed E-state index contributed by atoms with van der Waals surface area (Å²) in [5, 5.41) is 17.2. The lowest BCUT2D eigenvalue weighted by atomic mass is 10.2. The fourth-order valence-corrected chi connectivity index (χ4v) is 2.98. The van der Waals surface area contributed by atoms with Gasteiger partial charge in [0.05, 0.1) is 17.9 Å². The van der Waals surface area contributed by atoms with Crippen LogP contribution in [0.15, 0.2) is 18.3 Å². The van der Waals surface area contributed by atoms with E-state index in [0.717, 1.165) is 25.0 Å². The number of amides is 2. The molecule has 2 amide bonds. The molecule has 0 aliphatic heterocycles. The van der Waals surface area contributed by atoms with Gasteiger partial charge in [-0.3, -0.25) is 5.10 Å². The molecule has 8 nitrogen and oxygen atoms in total. The lowest BCUT2D eigenvalue weighted by molar-refractivity contribution is 0.251. The summed E-state index contributed by atoms with van der Waals surface area (Å²) < 4.78 is 1.64. The Labute approximate surface area is 132 Å². The van der Waals surface area contributed by atoms with E-state index >= 15 is 0 Å². The van der Waals surface area contributed by atoms with Crippen LogP contribution in [0.25, 0.3) is 5.65 Å². The van der Waals surface area contributed by atoms with E-state index < -0.39 is 0 Å². The maximum atomic E-state index is 12.1. The lowest BCUT2D eigenvalue weighted by Gasteiger charge is -2.07. The van der Waals surface area contributed by atoms with Gasteiger partial charge in [-0.25, -0.2) is 14.3 Å². The Morgan fingerprint density at radius 1 is 1.43 bits per heavy atom. The normalized spacial score (nSPS) is 13.3. The summed E-state index contributed by atoms with van der Waals surface area (Å²) in [5.41, 5.74) is 4.62. The summed E-state index contributed by atoms with van der Waals surface area (Å²) in [6.45, 7) is 2.22. The molecule has 8 heteroatoms. The van der Waals surface area contributed by atoms with Crippen molar-refractivity contribution >= 4 is 17.4 Å². The summed E-state index contributed by atoms with van der Waals surface area (Å²) >= 11 is 0. The van der Waals surface area contributed by atoms with Crippen molar-refractivity contribution in [3.8, 4) is 0 Å². The largest absolute Gasteiger partial charge is 0.332 e. The molecule has 1 aliphatic rings. The number of anilines is 1. The second-order valence-corrected chi connectivity index (χ2v) is 5.64. The maximum Gasteiger partial charge on any atom is 0.319 e. The minimum absolute atomic E-state index is 0.284. The Kier molecular flexibility index (Phi) is 3.22. The van der Waals surface area contributed by atoms with Crippen LogP contribution in [0.1, 0.15) is 29.2 Å². The van der Waals surface area contributed by atoms with Gasteiger partial charge in [0.2, 0.25) is 0 Å². The zero-order valence-corrected chi connectivity index (χ0v) is 12.8. The molecule has 23 heavy (non-hydrogen) atoms. The minimum atomic E-state index is -0.284. The molecule has 0 spiro atoms. The Hall–Kier alpha value is -2.90. The number of hydrogen-bond acceptors (Lipinski definition) is 4. The van der Waals surface area contributed by atoms with Crippen LogP contribution in [0.3, 0.4) is 0 Å². The third-order valence-corrected chi connectivity index (χ3v) is 4.02. The highest BCUT2D eigenvalue weighted by molar-refractivity contribution is 5.92. The monoisotopic (exact) mass is 311 g/mol. The second kappa shape index (κ2) is 5.38. The molecule has 0 aromatic carbocycles. The molecule has 3 N–H and O–H groups in total. The van der Waals surface area contributed by atoms with Crippen molar-refractivity contribution in [1.82, 2.24) is 30.1 Å². The fraction of sp³-hybridized carbons (Fsp3) is 0.333. The van der Waals surface area contributed by atoms with Crippen molar-refractivity contribution in [2.24, 2.45) is 0 Å². The van der Waals surface area contributed by atoms with E-state index in [1.165, 1.54) is 11.3 Å². The molecule has 0 atom stereocenters. The highest BCUT2D eigenvalue weighted by Crippen LogP contribution is 2.22. The lowest BCUT2D eigenvalue weighted by Crippen LogP contribution is -2.28. The Bertz CT molecular complexity index is 879. The number of H-pyrrole nitrogens is 1. The number of urea groups is 1. The molecule has 3 heterocycles. The Morgan fingerprint density at radius 2 is 2.35 bits per heavy atom. The molecule has 118 valence electrons. The summed E-state index contributed by atoms with van der Waals surface area (Å²) in [6, 6.07) is 3.33. The van der Waals surface area contributed by atoms with Crippen molar-refractivity contribution in [2.45, 2.75) is 32.7 Å². The Morgan fingerprint density at radius 3 is 3.26 bits per heavy atom. The number of nitrogens with zero attached hydrogens (tertiary/aromatic N) is 4. The molecule has 0 radical (unpaired) electrons. The number of hydrogen-bond donors (Lipinski definition) is 3. The van der Waals surface area contributed by atoms with E-state index in [4.69, 9.17) is 0 Å². The fourth-order valence-electron chi connectivity index (χ4n) is 2.98. The van der Waals surface area contributed by atoms with Crippen molar-refractivity contribution in [1.29, 1.82) is 0 Å². The third-order valence-electron chi connectivity index (χ3n) is 4.02. The first-order valence-electron chi connectivity index (χ1n) is 7.62. The van der Waals surface area contributed by atoms with Gasteiger partial charge in [0.15, 0.2) is 5.65 Å². The van der Waals surface area contributed by atoms with Gasteiger partial charge in [-0.15, -0.1) is 0 Å². The highest BCUT2D eigenvalue weighted by Gasteiger charge is 2.18. The van der Waals surface area contributed by atoms with Gasteiger partial charge in [0.1, 0.15) is 5.82 Å². The number of rotatable bonds is 3. The van der Waals surface area contributed by atoms with Crippen molar-refractivity contribution < 1.29 is 4.79 Å². The summed E-state index contributed by atoms with van der Waals surface area (Å²) in [7, 11) is 0. The van der Waals surface area contributed by atoms with Crippen molar-refractivity contribution in [3.05, 3.63) is 41.1 Å². The van der Waals surface area contributed by atoms with Crippen LogP contribution in [-0.4, -0.2) is 30.8 Å². The SMILES string of the molecule is Cc1nc2c(NC(=O)NCc3n[nH]c4c3CCC4)cccn2n1. The van der Waals surface area contributed by atoms with E-state index in [-0.39, 0.29) is 6.03 Å². The smallest absolute Gasteiger partial charge is 0.319 e. The number of fused-ring (bicyclic) bond motifs is 2. The van der Waals surface area contributed by atoms with Crippen LogP contribution in [0, 0.1) is 6.92 Å². The summed E-state index contributed by atoms with van der Waals surface area (Å²) in [6.07, 6.45) is 5.02. The van der Waals surface area contributed by atoms with Gasteiger partial charge in [-0.05, 0) is 43.9 Å². The molecule has 0 fully saturated rings. The van der Waals surface area contributed by atoms with Crippen LogP contribution >= 0.6 is 0 Å². The van der Waals surface area contributed by atoms with Crippen LogP contribution in [-0.2, 0) is 19.4 Å². The molecule has 0 bridgehead atoms. The number of carbonyl (C=O) groups is 1. The van der Waals surface area contributed by atoms with Gasteiger partial charge < -0.3 is 10.6 Å². The van der Waals surface area contributed by atoms with E-state index in [2.05, 4.69) is 30.9 Å². The van der Waals surface area contributed by atoms with Crippen LogP contribution < -0.4 is 10.6 Å². The van der Waals surface area contributed by atoms with Crippen molar-refractivity contribution in [2.75, 3.05) is 5.32 Å². The standard InChI is InChI=1S/C15H17N7O/c1-9-17-14-12(6-3-7-22(14)21-9)18-15(23)16-8-13-10-4-2-5-11(10)19-20-13/h3,6-7H,2,4-5,8H2,1H3,(H,19,20)(H2,16,18,23). The third kappa shape index (κ3) is 2.52. The number of aryl methyl sites for hydroxylation is 2. The number of carbonyl (C=O) groups excluding carboxylic acids is 1. The zero-order chi connectivity index (χ0) is 15.8. The average molecular weight is 311 g/mol. The molecular formula is C15H17N7O. The summed E-state index contributed by atoms with van der Waals surface area (Å²) in [4.78, 5) is 16.5. The molecule has 0 saturated carbocycles. The number of pyridine rings is 1. The number of aromatic nitrogens is 5. The Balaban J connectivity index is 1.45. The average Bonchev–Trinajstić information content (AvgIpc) is 3.20. The maximum absolute atomic E-state index is 12.1. The molecule has 3 aromatic rings. The van der Waals surface area contributed by atoms with Gasteiger partial charge in [0.25, 0.3) is 0 Å². The van der Waals surface area contributed by atoms with E-state index in [1.54, 1.807) is 16.8 Å². The molecule has 3 aromatic heterocycles. The molecule has 0 saturated heterocycles. The summed E-state index contributed by atoms with van der Waals surface area (Å²) in [5.74, 6) is 0.659. The van der Waals surface area contributed by atoms with Crippen LogP contribution in [0.2, 0.25) is 0 Å². The first-order chi connectivity index (χ1) is 11.2. The highest BCUT2D eigenvalue weighted by atomic mass is 16.2. The first-order valence-corrected chi connectivity index (χ1v) is 7.62. The number of aromatic amines is 1. The molecular weight excluding hydrogens is 294 g/mol. The van der Waals surface area contributed by atoms with Gasteiger partial charge in [-0.2, -0.15) is 10.2 Å². The van der Waals surface area contributed by atoms with Gasteiger partial charge >= 0.3 is 6.03 Å². The predicted octanol–water partition coefficient (Wildman–Crippen LogP) is 1.57. The molecule has 0 unspecified atom stereocenters. The van der Waals surface area contributed by atoms with Crippen LogP contribution in [0.5, 0.6) is 0 Å². The van der Waals surface area contributed by atoms with Gasteiger partial charge in [-0.1, -0.05) is 0 Å². The second-order valence-electron chi connectivity index (χ2n) is 5.64. The predicted molar refractivity (Wildman–Crippen MR) is 84.2 cm³/mol. The van der Waals surface area contributed by atoms with Gasteiger partial charge in [0, 0.05) is 11.9 Å². The zero-order valence-electron chi connectivity index (χ0n) is 12.8. The van der Waals surface area contributed by atoms with Crippen LogP contribution in [0.4, 0.5) is 10.5 Å². The first kappa shape index (κ1) is 13.7. The topological polar surface area (TPSA) is 100 Å². The quantitative estimate of drug-likeness (QED) is 0.683. The van der Waals surface area contributed by atoms with E-state index in [9.17, 15) is 4.79 Å². The van der Waals surface area contributed by atoms with Crippen molar-refractivity contribution in [3.63, 3.8) is 0 Å². The van der Waals surface area contributed by atoms with E-state index in [0.29, 0.717) is 23.7 Å². The van der Waals surface area contributed by atoms with E-state index in [1.807, 2.05) is 13.0 Å².